The lowest BCUT2D eigenvalue weighted by Crippen LogP contribution is -2.02. The van der Waals surface area contributed by atoms with Gasteiger partial charge in [0.2, 0.25) is 0 Å². The van der Waals surface area contributed by atoms with Crippen LogP contribution in [0.5, 0.6) is 5.75 Å². The fraction of sp³-hybridized carbons (Fsp3) is 0.231. The molecule has 0 bridgehead atoms. The number of benzene rings is 1. The Bertz CT molecular complexity index is 639. The molecule has 2 nitrogen and oxygen atoms in total. The molecule has 2 aromatic rings. The van der Waals surface area contributed by atoms with Crippen molar-refractivity contribution in [2.75, 3.05) is 6.61 Å². The van der Waals surface area contributed by atoms with Gasteiger partial charge in [0, 0.05) is 22.0 Å². The molecule has 6 heteroatoms. The Kier molecular flexibility index (Phi) is 4.06. The van der Waals surface area contributed by atoms with E-state index in [4.69, 9.17) is 4.74 Å². The molecular weight excluding hydrogens is 460 g/mol. The number of thiophene rings is 1. The zero-order valence-corrected chi connectivity index (χ0v) is 15.2. The van der Waals surface area contributed by atoms with Gasteiger partial charge in [0.1, 0.15) is 11.9 Å². The van der Waals surface area contributed by atoms with Crippen LogP contribution in [-0.4, -0.2) is 11.7 Å². The number of aliphatic hydroxyl groups excluding tert-OH is 1. The molecule has 0 fully saturated rings. The second-order valence-corrected chi connectivity index (χ2v) is 8.93. The van der Waals surface area contributed by atoms with Gasteiger partial charge in [0.15, 0.2) is 0 Å². The second kappa shape index (κ2) is 5.48. The monoisotopic (exact) mass is 466 g/mol. The molecule has 0 aliphatic carbocycles. The molecule has 1 aliphatic rings. The first-order valence-corrected chi connectivity index (χ1v) is 8.83. The van der Waals surface area contributed by atoms with Crippen LogP contribution in [0, 0.1) is 0 Å². The van der Waals surface area contributed by atoms with Crippen LogP contribution in [0.1, 0.15) is 22.8 Å². The summed E-state index contributed by atoms with van der Waals surface area (Å²) in [6.45, 7) is 0.681. The van der Waals surface area contributed by atoms with E-state index in [-0.39, 0.29) is 0 Å². The number of aliphatic hydroxyl groups is 1. The second-order valence-electron chi connectivity index (χ2n) is 4.26. The molecule has 0 saturated carbocycles. The maximum Gasteiger partial charge on any atom is 0.128 e. The van der Waals surface area contributed by atoms with Crippen molar-refractivity contribution in [3.63, 3.8) is 0 Å². The topological polar surface area (TPSA) is 29.5 Å². The Morgan fingerprint density at radius 3 is 2.63 bits per heavy atom. The van der Waals surface area contributed by atoms with E-state index in [1.54, 1.807) is 11.3 Å². The Morgan fingerprint density at radius 1 is 1.16 bits per heavy atom. The van der Waals surface area contributed by atoms with Crippen LogP contribution in [-0.2, 0) is 6.42 Å². The van der Waals surface area contributed by atoms with E-state index in [0.29, 0.717) is 6.61 Å². The number of halogens is 3. The predicted molar refractivity (Wildman–Crippen MR) is 87.1 cm³/mol. The first-order valence-electron chi connectivity index (χ1n) is 5.64. The molecule has 3 rings (SSSR count). The summed E-state index contributed by atoms with van der Waals surface area (Å²) in [6.07, 6.45) is 0.199. The summed E-state index contributed by atoms with van der Waals surface area (Å²) in [6, 6.07) is 5.91. The number of ether oxygens (including phenoxy) is 1. The molecular formula is C13H9Br3O2S. The van der Waals surface area contributed by atoms with E-state index in [9.17, 15) is 5.11 Å². The molecule has 19 heavy (non-hydrogen) atoms. The molecule has 0 radical (unpaired) electrons. The van der Waals surface area contributed by atoms with Gasteiger partial charge in [-0.1, -0.05) is 15.9 Å². The fourth-order valence-corrected chi connectivity index (χ4v) is 5.61. The van der Waals surface area contributed by atoms with Gasteiger partial charge < -0.3 is 9.84 Å². The third-order valence-corrected chi connectivity index (χ3v) is 5.89. The molecule has 1 aromatic carbocycles. The first kappa shape index (κ1) is 14.1. The van der Waals surface area contributed by atoms with Crippen molar-refractivity contribution in [3.8, 4) is 5.75 Å². The Hall–Kier alpha value is 0.120. The van der Waals surface area contributed by atoms with Gasteiger partial charge in [0.25, 0.3) is 0 Å². The zero-order valence-electron chi connectivity index (χ0n) is 9.62. The van der Waals surface area contributed by atoms with E-state index in [1.165, 1.54) is 0 Å². The van der Waals surface area contributed by atoms with Crippen molar-refractivity contribution in [1.29, 1.82) is 0 Å². The van der Waals surface area contributed by atoms with Gasteiger partial charge in [0.05, 0.1) is 14.2 Å². The van der Waals surface area contributed by atoms with Gasteiger partial charge in [-0.3, -0.25) is 0 Å². The summed E-state index contributed by atoms with van der Waals surface area (Å²) < 4.78 is 8.55. The lowest BCUT2D eigenvalue weighted by molar-refractivity contribution is 0.213. The number of hydrogen-bond acceptors (Lipinski definition) is 3. The first-order chi connectivity index (χ1) is 9.06. The average Bonchev–Trinajstić information content (AvgIpc) is 2.93. The van der Waals surface area contributed by atoms with Crippen molar-refractivity contribution in [2.24, 2.45) is 0 Å². The largest absolute Gasteiger partial charge is 0.493 e. The molecule has 1 unspecified atom stereocenters. The third kappa shape index (κ3) is 2.65. The van der Waals surface area contributed by atoms with E-state index in [0.717, 1.165) is 40.9 Å². The highest BCUT2D eigenvalue weighted by Crippen LogP contribution is 2.43. The fourth-order valence-electron chi connectivity index (χ4n) is 2.21. The summed E-state index contributed by atoms with van der Waals surface area (Å²) in [5.41, 5.74) is 2.81. The van der Waals surface area contributed by atoms with Crippen LogP contribution in [0.25, 0.3) is 0 Å². The minimum atomic E-state index is -0.693. The maximum atomic E-state index is 10.6. The molecule has 1 atom stereocenters. The Morgan fingerprint density at radius 2 is 1.95 bits per heavy atom. The molecule has 1 N–H and O–H groups in total. The van der Waals surface area contributed by atoms with Gasteiger partial charge in [-0.05, 0) is 55.6 Å². The molecule has 0 spiro atoms. The highest BCUT2D eigenvalue weighted by atomic mass is 79.9. The number of fused-ring (bicyclic) bond motifs is 1. The number of rotatable bonds is 2. The van der Waals surface area contributed by atoms with E-state index in [2.05, 4.69) is 53.9 Å². The summed E-state index contributed by atoms with van der Waals surface area (Å²) in [4.78, 5) is 0. The van der Waals surface area contributed by atoms with E-state index in [1.807, 2.05) is 12.1 Å². The van der Waals surface area contributed by atoms with Gasteiger partial charge in [-0.2, -0.15) is 0 Å². The summed E-state index contributed by atoms with van der Waals surface area (Å²) in [7, 11) is 0. The van der Waals surface area contributed by atoms with Crippen molar-refractivity contribution in [3.05, 3.63) is 46.9 Å². The van der Waals surface area contributed by atoms with Crippen LogP contribution >= 0.6 is 59.1 Å². The predicted octanol–water partition coefficient (Wildman–Crippen LogP) is 5.05. The van der Waals surface area contributed by atoms with E-state index >= 15 is 0 Å². The summed E-state index contributed by atoms with van der Waals surface area (Å²) in [5, 5.41) is 10.6. The molecule has 1 aliphatic heterocycles. The van der Waals surface area contributed by atoms with E-state index < -0.39 is 6.10 Å². The molecule has 0 amide bonds. The number of hydrogen-bond donors (Lipinski definition) is 1. The lowest BCUT2D eigenvalue weighted by Gasteiger charge is -2.15. The quantitative estimate of drug-likeness (QED) is 0.668. The standard InChI is InChI=1S/C13H9Br3O2S/c14-7-3-6-1-2-18-12(6)8(4-7)11(17)9-5-10(15)19-13(9)16/h3-5,11,17H,1-2H2. The van der Waals surface area contributed by atoms with Crippen molar-refractivity contribution in [2.45, 2.75) is 12.5 Å². The summed E-state index contributed by atoms with van der Waals surface area (Å²) >= 11 is 12.0. The van der Waals surface area contributed by atoms with Crippen LogP contribution in [0.4, 0.5) is 0 Å². The maximum absolute atomic E-state index is 10.6. The highest BCUT2D eigenvalue weighted by Gasteiger charge is 2.25. The zero-order chi connectivity index (χ0) is 13.6. The van der Waals surface area contributed by atoms with Gasteiger partial charge in [-0.25, -0.2) is 0 Å². The molecule has 100 valence electrons. The Labute approximate surface area is 140 Å². The van der Waals surface area contributed by atoms with Crippen LogP contribution in [0.15, 0.2) is 30.2 Å². The Balaban J connectivity index is 2.09. The van der Waals surface area contributed by atoms with Crippen molar-refractivity contribution < 1.29 is 9.84 Å². The van der Waals surface area contributed by atoms with Crippen LogP contribution in [0.3, 0.4) is 0 Å². The van der Waals surface area contributed by atoms with Gasteiger partial charge in [-0.15, -0.1) is 11.3 Å². The normalized spacial score (nSPS) is 15.2. The minimum Gasteiger partial charge on any atom is -0.493 e. The summed E-state index contributed by atoms with van der Waals surface area (Å²) in [5.74, 6) is 0.824. The van der Waals surface area contributed by atoms with Crippen molar-refractivity contribution in [1.82, 2.24) is 0 Å². The molecule has 0 saturated heterocycles. The third-order valence-electron chi connectivity index (χ3n) is 3.05. The smallest absolute Gasteiger partial charge is 0.128 e. The van der Waals surface area contributed by atoms with Gasteiger partial charge >= 0.3 is 0 Å². The minimum absolute atomic E-state index is 0.681. The lowest BCUT2D eigenvalue weighted by atomic mass is 10.0. The van der Waals surface area contributed by atoms with Crippen LogP contribution in [0.2, 0.25) is 0 Å². The molecule has 1 aromatic heterocycles. The van der Waals surface area contributed by atoms with Crippen molar-refractivity contribution >= 4 is 59.1 Å². The SMILES string of the molecule is OC(c1cc(Br)sc1Br)c1cc(Br)cc2c1OCC2. The van der Waals surface area contributed by atoms with Crippen LogP contribution < -0.4 is 4.74 Å². The molecule has 2 heterocycles. The average molecular weight is 469 g/mol. The highest BCUT2D eigenvalue weighted by molar-refractivity contribution is 9.12.